The Labute approximate surface area is 184 Å². The van der Waals surface area contributed by atoms with Crippen molar-refractivity contribution in [2.45, 2.75) is 6.61 Å². The SMILES string of the molecule is O=C(NN=Cc1ccccc1)c1cc(-c2ccc(OCc3ccccc3Cl)cc2)n[nH]1. The van der Waals surface area contributed by atoms with E-state index >= 15 is 0 Å². The standard InChI is InChI=1S/C24H19ClN4O2/c25-21-9-5-4-8-19(21)16-31-20-12-10-18(11-13-20)22-14-23(28-27-22)24(30)29-26-15-17-6-2-1-3-7-17/h1-15H,16H2,(H,27,28)(H,29,30). The van der Waals surface area contributed by atoms with E-state index in [1.54, 1.807) is 12.3 Å². The van der Waals surface area contributed by atoms with Crippen LogP contribution in [-0.4, -0.2) is 22.3 Å². The number of amides is 1. The molecule has 0 radical (unpaired) electrons. The molecule has 0 unspecified atom stereocenters. The first-order valence-corrected chi connectivity index (χ1v) is 9.97. The third-order valence-electron chi connectivity index (χ3n) is 4.50. The van der Waals surface area contributed by atoms with Crippen LogP contribution in [0.5, 0.6) is 5.75 Å². The molecule has 0 fully saturated rings. The normalized spacial score (nSPS) is 10.9. The van der Waals surface area contributed by atoms with E-state index in [4.69, 9.17) is 16.3 Å². The Morgan fingerprint density at radius 2 is 1.77 bits per heavy atom. The highest BCUT2D eigenvalue weighted by Gasteiger charge is 2.10. The van der Waals surface area contributed by atoms with Crippen LogP contribution < -0.4 is 10.2 Å². The first-order chi connectivity index (χ1) is 15.2. The van der Waals surface area contributed by atoms with E-state index in [1.165, 1.54) is 0 Å². The Hall–Kier alpha value is -3.90. The van der Waals surface area contributed by atoms with Gasteiger partial charge in [-0.3, -0.25) is 9.89 Å². The lowest BCUT2D eigenvalue weighted by molar-refractivity contribution is 0.0950. The number of benzene rings is 3. The van der Waals surface area contributed by atoms with Crippen molar-refractivity contribution in [3.8, 4) is 17.0 Å². The fourth-order valence-corrected chi connectivity index (χ4v) is 3.04. The van der Waals surface area contributed by atoms with Crippen LogP contribution in [0, 0.1) is 0 Å². The van der Waals surface area contributed by atoms with Crippen molar-refractivity contribution >= 4 is 23.7 Å². The summed E-state index contributed by atoms with van der Waals surface area (Å²) in [6, 6.07) is 26.2. The molecule has 7 heteroatoms. The molecule has 0 saturated heterocycles. The quantitative estimate of drug-likeness (QED) is 0.317. The van der Waals surface area contributed by atoms with E-state index in [2.05, 4.69) is 20.7 Å². The molecule has 0 aliphatic carbocycles. The summed E-state index contributed by atoms with van der Waals surface area (Å²) in [4.78, 5) is 12.3. The predicted octanol–water partition coefficient (Wildman–Crippen LogP) is 5.07. The van der Waals surface area contributed by atoms with Crippen LogP contribution in [0.4, 0.5) is 0 Å². The fourth-order valence-electron chi connectivity index (χ4n) is 2.85. The summed E-state index contributed by atoms with van der Waals surface area (Å²) in [6.07, 6.45) is 1.58. The second-order valence-electron chi connectivity index (χ2n) is 6.68. The van der Waals surface area contributed by atoms with E-state index in [1.807, 2.05) is 78.9 Å². The zero-order valence-corrected chi connectivity index (χ0v) is 17.2. The average molecular weight is 431 g/mol. The number of halogens is 1. The highest BCUT2D eigenvalue weighted by Crippen LogP contribution is 2.23. The van der Waals surface area contributed by atoms with Crippen LogP contribution in [-0.2, 0) is 6.61 Å². The number of ether oxygens (including phenoxy) is 1. The maximum absolute atomic E-state index is 12.3. The minimum Gasteiger partial charge on any atom is -0.489 e. The summed E-state index contributed by atoms with van der Waals surface area (Å²) >= 11 is 6.15. The summed E-state index contributed by atoms with van der Waals surface area (Å²) in [6.45, 7) is 0.384. The molecular formula is C24H19ClN4O2. The van der Waals surface area contributed by atoms with Crippen molar-refractivity contribution in [3.63, 3.8) is 0 Å². The van der Waals surface area contributed by atoms with Crippen molar-refractivity contribution in [1.29, 1.82) is 0 Å². The molecule has 31 heavy (non-hydrogen) atoms. The third-order valence-corrected chi connectivity index (χ3v) is 4.87. The number of carbonyl (C=O) groups excluding carboxylic acids is 1. The van der Waals surface area contributed by atoms with Gasteiger partial charge in [-0.2, -0.15) is 10.2 Å². The average Bonchev–Trinajstić information content (AvgIpc) is 3.30. The van der Waals surface area contributed by atoms with Crippen LogP contribution in [0.15, 0.2) is 90.0 Å². The van der Waals surface area contributed by atoms with Gasteiger partial charge < -0.3 is 4.74 Å². The van der Waals surface area contributed by atoms with Gasteiger partial charge in [0.05, 0.1) is 11.9 Å². The lowest BCUT2D eigenvalue weighted by Crippen LogP contribution is -2.17. The van der Waals surface area contributed by atoms with Crippen LogP contribution in [0.3, 0.4) is 0 Å². The van der Waals surface area contributed by atoms with Gasteiger partial charge in [0.25, 0.3) is 5.91 Å². The summed E-state index contributed by atoms with van der Waals surface area (Å²) < 4.78 is 5.80. The monoisotopic (exact) mass is 430 g/mol. The number of aromatic amines is 1. The minimum absolute atomic E-state index is 0.319. The molecule has 2 N–H and O–H groups in total. The predicted molar refractivity (Wildman–Crippen MR) is 121 cm³/mol. The smallest absolute Gasteiger partial charge is 0.289 e. The summed E-state index contributed by atoms with van der Waals surface area (Å²) in [5, 5.41) is 11.6. The van der Waals surface area contributed by atoms with E-state index in [0.29, 0.717) is 28.8 Å². The van der Waals surface area contributed by atoms with Crippen molar-refractivity contribution in [2.24, 2.45) is 5.10 Å². The zero-order valence-electron chi connectivity index (χ0n) is 16.5. The van der Waals surface area contributed by atoms with Gasteiger partial charge in [-0.15, -0.1) is 0 Å². The number of nitrogens with zero attached hydrogens (tertiary/aromatic N) is 2. The van der Waals surface area contributed by atoms with Crippen molar-refractivity contribution in [1.82, 2.24) is 15.6 Å². The number of aromatic nitrogens is 2. The molecule has 154 valence electrons. The Balaban J connectivity index is 1.35. The fraction of sp³-hybridized carbons (Fsp3) is 0.0417. The summed E-state index contributed by atoms with van der Waals surface area (Å²) in [7, 11) is 0. The minimum atomic E-state index is -0.370. The van der Waals surface area contributed by atoms with Crippen LogP contribution in [0.1, 0.15) is 21.6 Å². The number of carbonyl (C=O) groups is 1. The van der Waals surface area contributed by atoms with Gasteiger partial charge in [-0.05, 0) is 42.0 Å². The second-order valence-corrected chi connectivity index (χ2v) is 7.09. The first-order valence-electron chi connectivity index (χ1n) is 9.59. The van der Waals surface area contributed by atoms with Crippen molar-refractivity contribution in [3.05, 3.63) is 107 Å². The Bertz CT molecular complexity index is 1190. The van der Waals surface area contributed by atoms with Gasteiger partial charge in [0.1, 0.15) is 18.1 Å². The van der Waals surface area contributed by atoms with Gasteiger partial charge in [0, 0.05) is 16.1 Å². The van der Waals surface area contributed by atoms with Gasteiger partial charge >= 0.3 is 0 Å². The van der Waals surface area contributed by atoms with Gasteiger partial charge in [0.15, 0.2) is 0 Å². The summed E-state index contributed by atoms with van der Waals surface area (Å²) in [5.41, 5.74) is 6.12. The molecule has 1 heterocycles. The van der Waals surface area contributed by atoms with Crippen LogP contribution >= 0.6 is 11.6 Å². The van der Waals surface area contributed by atoms with E-state index in [9.17, 15) is 4.79 Å². The second kappa shape index (κ2) is 9.73. The van der Waals surface area contributed by atoms with Crippen LogP contribution in [0.2, 0.25) is 5.02 Å². The first kappa shape index (κ1) is 20.4. The van der Waals surface area contributed by atoms with E-state index < -0.39 is 0 Å². The highest BCUT2D eigenvalue weighted by molar-refractivity contribution is 6.31. The molecule has 3 aromatic carbocycles. The Morgan fingerprint density at radius 1 is 1.03 bits per heavy atom. The van der Waals surface area contributed by atoms with Gasteiger partial charge in [-0.25, -0.2) is 5.43 Å². The number of rotatable bonds is 7. The Kier molecular flexibility index (Phi) is 6.40. The number of hydrazone groups is 1. The molecule has 4 rings (SSSR count). The molecule has 4 aromatic rings. The number of hydrogen-bond donors (Lipinski definition) is 2. The Morgan fingerprint density at radius 3 is 2.55 bits per heavy atom. The number of nitrogens with one attached hydrogen (secondary N) is 2. The molecule has 0 spiro atoms. The van der Waals surface area contributed by atoms with E-state index in [-0.39, 0.29) is 5.91 Å². The van der Waals surface area contributed by atoms with Gasteiger partial charge in [0.2, 0.25) is 0 Å². The van der Waals surface area contributed by atoms with Crippen LogP contribution in [0.25, 0.3) is 11.3 Å². The van der Waals surface area contributed by atoms with E-state index in [0.717, 1.165) is 16.7 Å². The zero-order chi connectivity index (χ0) is 21.5. The molecule has 0 aliphatic heterocycles. The molecule has 6 nitrogen and oxygen atoms in total. The lowest BCUT2D eigenvalue weighted by atomic mass is 10.1. The molecule has 0 saturated carbocycles. The number of H-pyrrole nitrogens is 1. The molecule has 0 aliphatic rings. The highest BCUT2D eigenvalue weighted by atomic mass is 35.5. The topological polar surface area (TPSA) is 79.4 Å². The third kappa shape index (κ3) is 5.38. The molecular weight excluding hydrogens is 412 g/mol. The lowest BCUT2D eigenvalue weighted by Gasteiger charge is -2.08. The van der Waals surface area contributed by atoms with Crippen molar-refractivity contribution < 1.29 is 9.53 Å². The largest absolute Gasteiger partial charge is 0.489 e. The maximum Gasteiger partial charge on any atom is 0.289 e. The number of hydrogen-bond acceptors (Lipinski definition) is 4. The van der Waals surface area contributed by atoms with Crippen molar-refractivity contribution in [2.75, 3.05) is 0 Å². The maximum atomic E-state index is 12.3. The van der Waals surface area contributed by atoms with Gasteiger partial charge in [-0.1, -0.05) is 60.1 Å². The molecule has 1 amide bonds. The molecule has 0 bridgehead atoms. The molecule has 0 atom stereocenters. The summed E-state index contributed by atoms with van der Waals surface area (Å²) in [5.74, 6) is 0.345. The molecule has 1 aromatic heterocycles.